The molecule has 1 N–H and O–H groups in total. The number of nitrogens with zero attached hydrogens (tertiary/aromatic N) is 2. The van der Waals surface area contributed by atoms with Crippen LogP contribution >= 0.6 is 0 Å². The maximum atomic E-state index is 13.6. The van der Waals surface area contributed by atoms with Crippen molar-refractivity contribution in [3.63, 3.8) is 0 Å². The molecule has 0 aliphatic carbocycles. The smallest absolute Gasteiger partial charge is 0.421 e. The number of halogens is 3. The second-order valence-electron chi connectivity index (χ2n) is 6.44. The number of hydrogen-bond donors (Lipinski definition) is 1. The van der Waals surface area contributed by atoms with Crippen LogP contribution in [0.25, 0.3) is 0 Å². The van der Waals surface area contributed by atoms with Crippen molar-refractivity contribution in [1.29, 1.82) is 0 Å². The van der Waals surface area contributed by atoms with E-state index in [4.69, 9.17) is 4.74 Å². The van der Waals surface area contributed by atoms with Gasteiger partial charge in [-0.2, -0.15) is 13.2 Å². The molecule has 1 heterocycles. The van der Waals surface area contributed by atoms with E-state index in [9.17, 15) is 18.3 Å². The van der Waals surface area contributed by atoms with Gasteiger partial charge in [-0.1, -0.05) is 0 Å². The number of hydrogen-bond acceptors (Lipinski definition) is 3. The number of phenols is 1. The molecule has 0 amide bonds. The van der Waals surface area contributed by atoms with Gasteiger partial charge in [-0.25, -0.2) is 4.99 Å². The summed E-state index contributed by atoms with van der Waals surface area (Å²) in [4.78, 5) is 6.12. The van der Waals surface area contributed by atoms with Gasteiger partial charge in [-0.05, 0) is 45.2 Å². The summed E-state index contributed by atoms with van der Waals surface area (Å²) in [6, 6.07) is 2.84. The van der Waals surface area contributed by atoms with Gasteiger partial charge in [0.2, 0.25) is 0 Å². The Balaban J connectivity index is 2.43. The highest BCUT2D eigenvalue weighted by atomic mass is 19.4. The van der Waals surface area contributed by atoms with Crippen LogP contribution in [0.2, 0.25) is 0 Å². The first-order valence-electron chi connectivity index (χ1n) is 7.89. The van der Waals surface area contributed by atoms with Crippen molar-refractivity contribution in [3.8, 4) is 5.75 Å². The Bertz CT molecular complexity index is 621. The van der Waals surface area contributed by atoms with E-state index in [1.165, 1.54) is 12.1 Å². The Hall–Kier alpha value is -1.76. The fourth-order valence-electron chi connectivity index (χ4n) is 2.66. The zero-order valence-electron chi connectivity index (χ0n) is 14.3. The summed E-state index contributed by atoms with van der Waals surface area (Å²) in [5, 5.41) is 10.2. The normalized spacial score (nSPS) is 21.8. The highest BCUT2D eigenvalue weighted by molar-refractivity contribution is 5.65. The summed E-state index contributed by atoms with van der Waals surface area (Å²) >= 11 is 0. The molecule has 1 aromatic rings. The van der Waals surface area contributed by atoms with Gasteiger partial charge in [0.1, 0.15) is 5.75 Å². The van der Waals surface area contributed by atoms with Crippen molar-refractivity contribution >= 4 is 12.0 Å². The zero-order valence-corrected chi connectivity index (χ0v) is 14.3. The molecule has 7 heteroatoms. The van der Waals surface area contributed by atoms with Crippen LogP contribution in [0, 0.1) is 6.92 Å². The number of benzene rings is 1. The molecule has 4 nitrogen and oxygen atoms in total. The largest absolute Gasteiger partial charge is 0.507 e. The molecule has 0 spiro atoms. The minimum atomic E-state index is -4.59. The van der Waals surface area contributed by atoms with Gasteiger partial charge in [0.15, 0.2) is 5.60 Å². The number of alkyl halides is 3. The number of ether oxygens (including phenoxy) is 1. The van der Waals surface area contributed by atoms with Crippen molar-refractivity contribution < 1.29 is 23.0 Å². The molecule has 1 fully saturated rings. The Morgan fingerprint density at radius 1 is 1.38 bits per heavy atom. The summed E-state index contributed by atoms with van der Waals surface area (Å²) in [6.07, 6.45) is -2.88. The van der Waals surface area contributed by atoms with E-state index in [0.717, 1.165) is 0 Å². The summed E-state index contributed by atoms with van der Waals surface area (Å²) < 4.78 is 45.8. The zero-order chi connectivity index (χ0) is 18.1. The maximum Gasteiger partial charge on any atom is 0.421 e. The van der Waals surface area contributed by atoms with Crippen LogP contribution in [0.3, 0.4) is 0 Å². The van der Waals surface area contributed by atoms with Crippen molar-refractivity contribution in [2.45, 2.75) is 51.4 Å². The average Bonchev–Trinajstić information content (AvgIpc) is 2.97. The topological polar surface area (TPSA) is 45.1 Å². The van der Waals surface area contributed by atoms with Crippen LogP contribution in [0.5, 0.6) is 5.75 Å². The van der Waals surface area contributed by atoms with E-state index in [2.05, 4.69) is 4.99 Å². The lowest BCUT2D eigenvalue weighted by Gasteiger charge is -2.32. The minimum Gasteiger partial charge on any atom is -0.507 e. The molecule has 0 saturated carbocycles. The van der Waals surface area contributed by atoms with Gasteiger partial charge < -0.3 is 14.7 Å². The lowest BCUT2D eigenvalue weighted by atomic mass is 9.88. The van der Waals surface area contributed by atoms with Crippen LogP contribution in [-0.4, -0.2) is 42.2 Å². The summed E-state index contributed by atoms with van der Waals surface area (Å²) in [6.45, 7) is 5.68. The molecule has 1 aromatic carbocycles. The van der Waals surface area contributed by atoms with E-state index in [0.29, 0.717) is 17.7 Å². The van der Waals surface area contributed by atoms with Crippen molar-refractivity contribution in [2.75, 3.05) is 13.7 Å². The molecule has 0 bridgehead atoms. The van der Waals surface area contributed by atoms with Crippen molar-refractivity contribution in [2.24, 2.45) is 4.99 Å². The van der Waals surface area contributed by atoms with Crippen LogP contribution in [0.4, 0.5) is 18.9 Å². The highest BCUT2D eigenvalue weighted by Gasteiger charge is 2.60. The quantitative estimate of drug-likeness (QED) is 0.655. The lowest BCUT2D eigenvalue weighted by Crippen LogP contribution is -2.41. The summed E-state index contributed by atoms with van der Waals surface area (Å²) in [5.74, 6) is -0.445. The Kier molecular flexibility index (Phi) is 5.13. The monoisotopic (exact) mass is 344 g/mol. The number of aromatic hydroxyl groups is 1. The number of aryl methyl sites for hydroxylation is 1. The third kappa shape index (κ3) is 3.36. The Morgan fingerprint density at radius 2 is 2.04 bits per heavy atom. The van der Waals surface area contributed by atoms with Crippen LogP contribution in [-0.2, 0) is 10.3 Å². The first-order valence-corrected chi connectivity index (χ1v) is 7.89. The minimum absolute atomic E-state index is 0.0249. The third-order valence-corrected chi connectivity index (χ3v) is 4.42. The Morgan fingerprint density at radius 3 is 2.54 bits per heavy atom. The second kappa shape index (κ2) is 6.63. The van der Waals surface area contributed by atoms with Crippen LogP contribution in [0.1, 0.15) is 37.8 Å². The molecule has 1 saturated heterocycles. The predicted molar refractivity (Wildman–Crippen MR) is 86.8 cm³/mol. The fourth-order valence-corrected chi connectivity index (χ4v) is 2.66. The molecule has 1 aliphatic rings. The molecule has 1 aliphatic heterocycles. The molecule has 1 unspecified atom stereocenters. The molecule has 0 radical (unpaired) electrons. The van der Waals surface area contributed by atoms with Crippen LogP contribution < -0.4 is 0 Å². The molecular weight excluding hydrogens is 321 g/mol. The van der Waals surface area contributed by atoms with E-state index >= 15 is 0 Å². The van der Waals surface area contributed by atoms with E-state index in [1.807, 2.05) is 25.8 Å². The predicted octanol–water partition coefficient (Wildman–Crippen LogP) is 4.27. The standard InChI is InChI=1S/C17H23F3N2O2/c1-11(2)22(4)10-21-14-9-15(23)13(8-12(14)3)16(17(18,19)20)6-5-7-24-16/h8-11,23H,5-7H2,1-4H3. The number of rotatable bonds is 4. The second-order valence-corrected chi connectivity index (χ2v) is 6.44. The first-order chi connectivity index (χ1) is 11.1. The Labute approximate surface area is 139 Å². The van der Waals surface area contributed by atoms with Gasteiger partial charge in [0.05, 0.1) is 12.0 Å². The number of phenolic OH excluding ortho intramolecular Hbond substituents is 1. The van der Waals surface area contributed by atoms with Crippen LogP contribution in [0.15, 0.2) is 17.1 Å². The number of aliphatic imine (C=N–C) groups is 1. The van der Waals surface area contributed by atoms with Gasteiger partial charge in [-0.15, -0.1) is 0 Å². The molecule has 2 rings (SSSR count). The molecule has 1 atom stereocenters. The first kappa shape index (κ1) is 18.6. The highest BCUT2D eigenvalue weighted by Crippen LogP contribution is 2.52. The third-order valence-electron chi connectivity index (χ3n) is 4.42. The molecule has 134 valence electrons. The molecular formula is C17H23F3N2O2. The maximum absolute atomic E-state index is 13.6. The van der Waals surface area contributed by atoms with Crippen molar-refractivity contribution in [3.05, 3.63) is 23.3 Å². The SMILES string of the molecule is Cc1cc(C2(C(F)(F)F)CCCO2)c(O)cc1N=CN(C)C(C)C. The fraction of sp³-hybridized carbons (Fsp3) is 0.588. The van der Waals surface area contributed by atoms with Gasteiger partial charge in [0.25, 0.3) is 0 Å². The van der Waals surface area contributed by atoms with Crippen molar-refractivity contribution in [1.82, 2.24) is 4.90 Å². The van der Waals surface area contributed by atoms with Gasteiger partial charge in [0, 0.05) is 31.3 Å². The van der Waals surface area contributed by atoms with Gasteiger partial charge in [-0.3, -0.25) is 0 Å². The molecule has 0 aromatic heterocycles. The average molecular weight is 344 g/mol. The van der Waals surface area contributed by atoms with E-state index < -0.39 is 17.5 Å². The van der Waals surface area contributed by atoms with E-state index in [-0.39, 0.29) is 24.6 Å². The summed E-state index contributed by atoms with van der Waals surface area (Å²) in [7, 11) is 1.85. The van der Waals surface area contributed by atoms with Gasteiger partial charge >= 0.3 is 6.18 Å². The molecule has 24 heavy (non-hydrogen) atoms. The van der Waals surface area contributed by atoms with E-state index in [1.54, 1.807) is 13.3 Å². The lowest BCUT2D eigenvalue weighted by molar-refractivity contribution is -0.269. The summed E-state index contributed by atoms with van der Waals surface area (Å²) in [5.41, 5.74) is -1.69.